The molecule has 148 valence electrons. The molecule has 0 heterocycles. The minimum absolute atomic E-state index is 0.0403. The van der Waals surface area contributed by atoms with E-state index in [0.717, 1.165) is 12.1 Å². The first kappa shape index (κ1) is 21.9. The molecule has 2 rings (SSSR count). The van der Waals surface area contributed by atoms with Gasteiger partial charge in [-0.2, -0.15) is 8.78 Å². The number of alkyl halides is 2. The van der Waals surface area contributed by atoms with Crippen LogP contribution in [-0.2, 0) is 20.8 Å². The monoisotopic (exact) mass is 435 g/mol. The number of nitrogens with one attached hydrogen (secondary N) is 1. The van der Waals surface area contributed by atoms with Gasteiger partial charge in [-0.1, -0.05) is 41.9 Å². The third-order valence-corrected chi connectivity index (χ3v) is 7.39. The number of benzene rings is 2. The molecule has 0 aliphatic heterocycles. The second-order valence-corrected chi connectivity index (χ2v) is 11.3. The van der Waals surface area contributed by atoms with Gasteiger partial charge in [-0.05, 0) is 50.6 Å². The van der Waals surface area contributed by atoms with Crippen LogP contribution in [0.25, 0.3) is 0 Å². The number of hydrogen-bond acceptors (Lipinski definition) is 3. The van der Waals surface area contributed by atoms with E-state index in [2.05, 4.69) is 4.72 Å². The highest BCUT2D eigenvalue weighted by Gasteiger charge is 2.54. The molecule has 0 aliphatic rings. The molecule has 0 aliphatic carbocycles. The maximum atomic E-state index is 15.3. The zero-order valence-electron chi connectivity index (χ0n) is 14.9. The van der Waals surface area contributed by atoms with E-state index in [0.29, 0.717) is 5.02 Å². The van der Waals surface area contributed by atoms with Crippen molar-refractivity contribution in [3.8, 4) is 0 Å². The van der Waals surface area contributed by atoms with Gasteiger partial charge in [0.05, 0.1) is 20.6 Å². The van der Waals surface area contributed by atoms with Crippen molar-refractivity contribution in [2.75, 3.05) is 0 Å². The van der Waals surface area contributed by atoms with Gasteiger partial charge in [-0.15, -0.1) is 0 Å². The van der Waals surface area contributed by atoms with Crippen LogP contribution < -0.4 is 4.72 Å². The molecule has 0 spiro atoms. The van der Waals surface area contributed by atoms with Gasteiger partial charge in [0.2, 0.25) is 9.84 Å². The summed E-state index contributed by atoms with van der Waals surface area (Å²) in [4.78, 5) is -0.516. The van der Waals surface area contributed by atoms with E-state index in [-0.39, 0.29) is 5.56 Å². The smallest absolute Gasteiger partial charge is 0.242 e. The first-order valence-corrected chi connectivity index (χ1v) is 11.0. The van der Waals surface area contributed by atoms with Crippen molar-refractivity contribution >= 4 is 32.4 Å². The van der Waals surface area contributed by atoms with Crippen molar-refractivity contribution < 1.29 is 21.4 Å². The highest BCUT2D eigenvalue weighted by Crippen LogP contribution is 2.41. The molecule has 2 aromatic carbocycles. The van der Waals surface area contributed by atoms with Crippen LogP contribution in [0.3, 0.4) is 0 Å². The molecule has 0 saturated heterocycles. The topological polar surface area (TPSA) is 63.2 Å². The molecular formula is C18H20ClF2NO3S2. The van der Waals surface area contributed by atoms with Crippen LogP contribution in [0.1, 0.15) is 32.4 Å². The normalized spacial score (nSPS) is 15.3. The molecule has 9 heteroatoms. The Balaban J connectivity index is 2.57. The number of rotatable bonds is 6. The summed E-state index contributed by atoms with van der Waals surface area (Å²) < 4.78 is 69.7. The van der Waals surface area contributed by atoms with E-state index < -0.39 is 41.8 Å². The molecule has 4 nitrogen and oxygen atoms in total. The summed E-state index contributed by atoms with van der Waals surface area (Å²) in [5.74, 6) is 0. The molecule has 0 radical (unpaired) electrons. The van der Waals surface area contributed by atoms with Crippen LogP contribution in [0.5, 0.6) is 0 Å². The predicted octanol–water partition coefficient (Wildman–Crippen LogP) is 4.50. The maximum absolute atomic E-state index is 15.3. The second-order valence-electron chi connectivity index (χ2n) is 6.86. The van der Waals surface area contributed by atoms with E-state index >= 15 is 8.78 Å². The Morgan fingerprint density at radius 1 is 1.00 bits per heavy atom. The fraction of sp³-hybridized carbons (Fsp3) is 0.333. The molecule has 0 saturated carbocycles. The molecule has 0 unspecified atom stereocenters. The standard InChI is InChI=1S/C18H20ClF2NO3S2/c1-17(2,3)26(23)22-16(13-9-11-14(19)12-10-13)18(20,21)27(24,25)15-7-5-4-6-8-15/h4-12,16,22H,1-3H3/t16-,26+/m0/s1. The van der Waals surface area contributed by atoms with Crippen molar-refractivity contribution in [3.05, 3.63) is 65.2 Å². The van der Waals surface area contributed by atoms with E-state index in [9.17, 15) is 12.6 Å². The van der Waals surface area contributed by atoms with Gasteiger partial charge in [-0.25, -0.2) is 17.3 Å². The van der Waals surface area contributed by atoms with Crippen molar-refractivity contribution in [3.63, 3.8) is 0 Å². The summed E-state index contributed by atoms with van der Waals surface area (Å²) in [6.45, 7) is 4.79. The van der Waals surface area contributed by atoms with Crippen LogP contribution in [0.15, 0.2) is 59.5 Å². The van der Waals surface area contributed by atoms with Gasteiger partial charge in [0.25, 0.3) is 0 Å². The molecule has 2 aromatic rings. The third kappa shape index (κ3) is 4.74. The van der Waals surface area contributed by atoms with Gasteiger partial charge in [0.1, 0.15) is 6.04 Å². The summed E-state index contributed by atoms with van der Waals surface area (Å²) in [5.41, 5.74) is -0.0403. The average molecular weight is 436 g/mol. The Kier molecular flexibility index (Phi) is 6.46. The molecule has 1 N–H and O–H groups in total. The number of hydrogen-bond donors (Lipinski definition) is 1. The Hall–Kier alpha value is -1.35. The van der Waals surface area contributed by atoms with Crippen LogP contribution in [-0.4, -0.2) is 22.6 Å². The Labute approximate surface area is 165 Å². The minimum atomic E-state index is -5.05. The van der Waals surface area contributed by atoms with Crippen molar-refractivity contribution in [2.24, 2.45) is 0 Å². The fourth-order valence-corrected chi connectivity index (χ4v) is 4.57. The van der Waals surface area contributed by atoms with E-state index in [1.54, 1.807) is 20.8 Å². The summed E-state index contributed by atoms with van der Waals surface area (Å²) in [5, 5.41) is -3.95. The van der Waals surface area contributed by atoms with Gasteiger partial charge in [0.15, 0.2) is 0 Å². The molecule has 0 bridgehead atoms. The zero-order chi connectivity index (χ0) is 20.5. The van der Waals surface area contributed by atoms with Crippen LogP contribution in [0, 0.1) is 0 Å². The highest BCUT2D eigenvalue weighted by molar-refractivity contribution is 7.92. The first-order valence-electron chi connectivity index (χ1n) is 7.98. The lowest BCUT2D eigenvalue weighted by atomic mass is 10.1. The van der Waals surface area contributed by atoms with Gasteiger partial charge in [0, 0.05) is 5.02 Å². The van der Waals surface area contributed by atoms with Crippen LogP contribution >= 0.6 is 11.6 Å². The zero-order valence-corrected chi connectivity index (χ0v) is 17.3. The van der Waals surface area contributed by atoms with Crippen molar-refractivity contribution in [1.82, 2.24) is 4.72 Å². The summed E-state index contributed by atoms with van der Waals surface area (Å²) in [6.07, 6.45) is 0. The summed E-state index contributed by atoms with van der Waals surface area (Å²) in [7, 11) is -6.99. The van der Waals surface area contributed by atoms with Gasteiger partial charge < -0.3 is 0 Å². The van der Waals surface area contributed by atoms with Gasteiger partial charge in [-0.3, -0.25) is 0 Å². The van der Waals surface area contributed by atoms with Gasteiger partial charge >= 0.3 is 5.25 Å². The maximum Gasteiger partial charge on any atom is 0.369 e. The van der Waals surface area contributed by atoms with Crippen LogP contribution in [0.4, 0.5) is 8.78 Å². The first-order chi connectivity index (χ1) is 12.4. The number of halogens is 3. The largest absolute Gasteiger partial charge is 0.369 e. The van der Waals surface area contributed by atoms with Crippen molar-refractivity contribution in [2.45, 2.75) is 41.7 Å². The van der Waals surface area contributed by atoms with Crippen molar-refractivity contribution in [1.29, 1.82) is 0 Å². The lowest BCUT2D eigenvalue weighted by molar-refractivity contribution is 0.0559. The third-order valence-electron chi connectivity index (χ3n) is 3.73. The van der Waals surface area contributed by atoms with Crippen LogP contribution in [0.2, 0.25) is 5.02 Å². The van der Waals surface area contributed by atoms with E-state index in [4.69, 9.17) is 11.6 Å². The summed E-state index contributed by atoms with van der Waals surface area (Å²) >= 11 is 5.81. The number of sulfone groups is 1. The molecule has 27 heavy (non-hydrogen) atoms. The summed E-state index contributed by atoms with van der Waals surface area (Å²) in [6, 6.07) is 9.74. The average Bonchev–Trinajstić information content (AvgIpc) is 2.60. The predicted molar refractivity (Wildman–Crippen MR) is 104 cm³/mol. The molecule has 0 amide bonds. The Bertz CT molecular complexity index is 912. The fourth-order valence-electron chi connectivity index (χ4n) is 2.18. The highest BCUT2D eigenvalue weighted by atomic mass is 35.5. The lowest BCUT2D eigenvalue weighted by Gasteiger charge is -2.30. The SMILES string of the molecule is CC(C)(C)[S@@](=O)N[C@@H](c1ccc(Cl)cc1)C(F)(F)S(=O)(=O)c1ccccc1. The molecule has 0 aromatic heterocycles. The lowest BCUT2D eigenvalue weighted by Crippen LogP contribution is -2.47. The quantitative estimate of drug-likeness (QED) is 0.726. The Morgan fingerprint density at radius 2 is 1.52 bits per heavy atom. The van der Waals surface area contributed by atoms with E-state index in [1.807, 2.05) is 0 Å². The molecule has 0 fully saturated rings. The second kappa shape index (κ2) is 7.95. The molecule has 2 atom stereocenters. The molecular weight excluding hydrogens is 416 g/mol. The Morgan fingerprint density at radius 3 is 2.00 bits per heavy atom. The van der Waals surface area contributed by atoms with E-state index in [1.165, 1.54) is 42.5 Å². The minimum Gasteiger partial charge on any atom is -0.242 e.